The Hall–Kier alpha value is -1.13. The SMILES string of the molecule is CCCOC1CCCN(c2ccc([C@@H](C)N)cn2)C1. The van der Waals surface area contributed by atoms with E-state index in [0.717, 1.165) is 43.9 Å². The van der Waals surface area contributed by atoms with E-state index in [1.165, 1.54) is 6.42 Å². The molecule has 2 N–H and O–H groups in total. The quantitative estimate of drug-likeness (QED) is 0.887. The molecule has 0 amide bonds. The predicted molar refractivity (Wildman–Crippen MR) is 78.3 cm³/mol. The number of hydrogen-bond acceptors (Lipinski definition) is 4. The van der Waals surface area contributed by atoms with Crippen molar-refractivity contribution in [2.24, 2.45) is 5.73 Å². The number of aromatic nitrogens is 1. The summed E-state index contributed by atoms with van der Waals surface area (Å²) in [6.07, 6.45) is 5.65. The molecule has 1 aliphatic rings. The molecule has 0 aliphatic carbocycles. The van der Waals surface area contributed by atoms with Gasteiger partial charge < -0.3 is 15.4 Å². The molecule has 4 nitrogen and oxygen atoms in total. The fraction of sp³-hybridized carbons (Fsp3) is 0.667. The summed E-state index contributed by atoms with van der Waals surface area (Å²) >= 11 is 0. The highest BCUT2D eigenvalue weighted by Gasteiger charge is 2.21. The van der Waals surface area contributed by atoms with Crippen LogP contribution in [0.1, 0.15) is 44.7 Å². The lowest BCUT2D eigenvalue weighted by Crippen LogP contribution is -2.40. The number of piperidine rings is 1. The standard InChI is InChI=1S/C15H25N3O/c1-3-9-19-14-5-4-8-18(11-14)15-7-6-13(10-17-15)12(2)16/h6-7,10,12,14H,3-5,8-9,11,16H2,1-2H3/t12-,14?/m1/s1. The zero-order valence-electron chi connectivity index (χ0n) is 12.0. The van der Waals surface area contributed by atoms with Gasteiger partial charge in [-0.2, -0.15) is 0 Å². The predicted octanol–water partition coefficient (Wildman–Crippen LogP) is 2.50. The van der Waals surface area contributed by atoms with E-state index in [1.54, 1.807) is 0 Å². The zero-order valence-corrected chi connectivity index (χ0v) is 12.0. The third-order valence-corrected chi connectivity index (χ3v) is 3.56. The van der Waals surface area contributed by atoms with Crippen LogP contribution in [0.15, 0.2) is 18.3 Å². The molecule has 4 heteroatoms. The summed E-state index contributed by atoms with van der Waals surface area (Å²) in [6, 6.07) is 4.19. The van der Waals surface area contributed by atoms with Gasteiger partial charge in [0.25, 0.3) is 0 Å². The Morgan fingerprint density at radius 2 is 2.37 bits per heavy atom. The molecule has 2 heterocycles. The first-order chi connectivity index (χ1) is 9.20. The molecule has 1 aromatic rings. The first-order valence-corrected chi connectivity index (χ1v) is 7.28. The Morgan fingerprint density at radius 1 is 1.53 bits per heavy atom. The normalized spacial score (nSPS) is 21.4. The van der Waals surface area contributed by atoms with Crippen LogP contribution in [0.25, 0.3) is 0 Å². The monoisotopic (exact) mass is 263 g/mol. The average molecular weight is 263 g/mol. The minimum Gasteiger partial charge on any atom is -0.376 e. The summed E-state index contributed by atoms with van der Waals surface area (Å²) in [5, 5.41) is 0. The van der Waals surface area contributed by atoms with Crippen LogP contribution in [0.4, 0.5) is 5.82 Å². The Kier molecular flexibility index (Phi) is 5.16. The first kappa shape index (κ1) is 14.3. The van der Waals surface area contributed by atoms with E-state index in [0.29, 0.717) is 6.10 Å². The number of anilines is 1. The van der Waals surface area contributed by atoms with E-state index < -0.39 is 0 Å². The maximum absolute atomic E-state index is 5.86. The fourth-order valence-electron chi connectivity index (χ4n) is 2.42. The Morgan fingerprint density at radius 3 is 3.00 bits per heavy atom. The summed E-state index contributed by atoms with van der Waals surface area (Å²) in [6.45, 7) is 7.00. The molecular formula is C15H25N3O. The molecule has 2 atom stereocenters. The van der Waals surface area contributed by atoms with Gasteiger partial charge in [0.1, 0.15) is 5.82 Å². The van der Waals surface area contributed by atoms with Crippen LogP contribution >= 0.6 is 0 Å². The smallest absolute Gasteiger partial charge is 0.128 e. The van der Waals surface area contributed by atoms with Gasteiger partial charge in [-0.1, -0.05) is 13.0 Å². The van der Waals surface area contributed by atoms with Gasteiger partial charge >= 0.3 is 0 Å². The number of rotatable bonds is 5. The van der Waals surface area contributed by atoms with Crippen LogP contribution in [0.3, 0.4) is 0 Å². The molecule has 1 unspecified atom stereocenters. The van der Waals surface area contributed by atoms with Gasteiger partial charge in [-0.3, -0.25) is 0 Å². The van der Waals surface area contributed by atoms with Crippen molar-refractivity contribution in [3.63, 3.8) is 0 Å². The number of nitrogens with zero attached hydrogens (tertiary/aromatic N) is 2. The highest BCUT2D eigenvalue weighted by atomic mass is 16.5. The second-order valence-electron chi connectivity index (χ2n) is 5.32. The van der Waals surface area contributed by atoms with Crippen molar-refractivity contribution >= 4 is 5.82 Å². The van der Waals surface area contributed by atoms with Gasteiger partial charge in [0.2, 0.25) is 0 Å². The van der Waals surface area contributed by atoms with E-state index in [4.69, 9.17) is 10.5 Å². The van der Waals surface area contributed by atoms with Gasteiger partial charge in [-0.05, 0) is 37.8 Å². The largest absolute Gasteiger partial charge is 0.376 e. The lowest BCUT2D eigenvalue weighted by molar-refractivity contribution is 0.0439. The minimum absolute atomic E-state index is 0.0449. The topological polar surface area (TPSA) is 51.4 Å². The molecule has 0 bridgehead atoms. The maximum Gasteiger partial charge on any atom is 0.128 e. The van der Waals surface area contributed by atoms with Gasteiger partial charge in [0.15, 0.2) is 0 Å². The van der Waals surface area contributed by atoms with Gasteiger partial charge in [0.05, 0.1) is 6.10 Å². The van der Waals surface area contributed by atoms with Crippen LogP contribution in [-0.4, -0.2) is 30.8 Å². The van der Waals surface area contributed by atoms with Crippen LogP contribution < -0.4 is 10.6 Å². The summed E-state index contributed by atoms with van der Waals surface area (Å²) in [5.41, 5.74) is 6.93. The van der Waals surface area contributed by atoms with E-state index >= 15 is 0 Å². The summed E-state index contributed by atoms with van der Waals surface area (Å²) in [5.74, 6) is 1.04. The molecular weight excluding hydrogens is 238 g/mol. The van der Waals surface area contributed by atoms with Crippen molar-refractivity contribution in [1.82, 2.24) is 4.98 Å². The first-order valence-electron chi connectivity index (χ1n) is 7.28. The molecule has 106 valence electrons. The van der Waals surface area contributed by atoms with E-state index in [-0.39, 0.29) is 6.04 Å². The van der Waals surface area contributed by atoms with Crippen molar-refractivity contribution < 1.29 is 4.74 Å². The van der Waals surface area contributed by atoms with Crippen molar-refractivity contribution in [2.75, 3.05) is 24.6 Å². The summed E-state index contributed by atoms with van der Waals surface area (Å²) in [7, 11) is 0. The highest BCUT2D eigenvalue weighted by Crippen LogP contribution is 2.20. The van der Waals surface area contributed by atoms with Crippen molar-refractivity contribution in [1.29, 1.82) is 0 Å². The van der Waals surface area contributed by atoms with Gasteiger partial charge in [-0.25, -0.2) is 4.98 Å². The molecule has 1 fully saturated rings. The second kappa shape index (κ2) is 6.87. The third-order valence-electron chi connectivity index (χ3n) is 3.56. The molecule has 1 aromatic heterocycles. The van der Waals surface area contributed by atoms with Gasteiger partial charge in [0, 0.05) is 31.9 Å². The van der Waals surface area contributed by atoms with Crippen molar-refractivity contribution in [2.45, 2.75) is 45.3 Å². The van der Waals surface area contributed by atoms with Crippen molar-refractivity contribution in [3.8, 4) is 0 Å². The number of pyridine rings is 1. The maximum atomic E-state index is 5.86. The lowest BCUT2D eigenvalue weighted by atomic mass is 10.1. The molecule has 0 radical (unpaired) electrons. The molecule has 1 aliphatic heterocycles. The second-order valence-corrected chi connectivity index (χ2v) is 5.32. The molecule has 2 rings (SSSR count). The third kappa shape index (κ3) is 3.91. The molecule has 19 heavy (non-hydrogen) atoms. The lowest BCUT2D eigenvalue weighted by Gasteiger charge is -2.33. The zero-order chi connectivity index (χ0) is 13.7. The van der Waals surface area contributed by atoms with Crippen molar-refractivity contribution in [3.05, 3.63) is 23.9 Å². The van der Waals surface area contributed by atoms with Crippen LogP contribution in [0, 0.1) is 0 Å². The number of nitrogens with two attached hydrogens (primary N) is 1. The number of hydrogen-bond donors (Lipinski definition) is 1. The molecule has 0 saturated carbocycles. The number of ether oxygens (including phenoxy) is 1. The Labute approximate surface area is 116 Å². The average Bonchev–Trinajstić information content (AvgIpc) is 2.45. The molecule has 0 aromatic carbocycles. The Bertz CT molecular complexity index is 377. The van der Waals surface area contributed by atoms with Gasteiger partial charge in [-0.15, -0.1) is 0 Å². The summed E-state index contributed by atoms with van der Waals surface area (Å²) < 4.78 is 5.86. The highest BCUT2D eigenvalue weighted by molar-refractivity contribution is 5.40. The fourth-order valence-corrected chi connectivity index (χ4v) is 2.42. The van der Waals surface area contributed by atoms with Crippen LogP contribution in [-0.2, 0) is 4.74 Å². The van der Waals surface area contributed by atoms with E-state index in [1.807, 2.05) is 13.1 Å². The molecule has 1 saturated heterocycles. The Balaban J connectivity index is 1.96. The minimum atomic E-state index is 0.0449. The molecule has 0 spiro atoms. The van der Waals surface area contributed by atoms with E-state index in [9.17, 15) is 0 Å². The summed E-state index contributed by atoms with van der Waals surface area (Å²) in [4.78, 5) is 6.84. The van der Waals surface area contributed by atoms with Crippen LogP contribution in [0.5, 0.6) is 0 Å². The van der Waals surface area contributed by atoms with E-state index in [2.05, 4.69) is 28.9 Å². The van der Waals surface area contributed by atoms with Crippen LogP contribution in [0.2, 0.25) is 0 Å².